The number of amides is 1. The van der Waals surface area contributed by atoms with Crippen molar-refractivity contribution in [2.24, 2.45) is 0 Å². The fourth-order valence-electron chi connectivity index (χ4n) is 2.06. The molecule has 104 valence electrons. The van der Waals surface area contributed by atoms with Crippen molar-refractivity contribution < 1.29 is 19.1 Å². The number of hydrogen-bond acceptors (Lipinski definition) is 4. The van der Waals surface area contributed by atoms with E-state index in [1.165, 1.54) is 6.92 Å². The summed E-state index contributed by atoms with van der Waals surface area (Å²) in [6.45, 7) is 9.68. The van der Waals surface area contributed by atoms with Crippen LogP contribution in [0.4, 0.5) is 4.79 Å². The van der Waals surface area contributed by atoms with Gasteiger partial charge in [0.15, 0.2) is 0 Å². The Bertz CT molecular complexity index is 334. The molecule has 0 bridgehead atoms. The number of hydrogen-bond donors (Lipinski definition) is 0. The second kappa shape index (κ2) is 5.16. The molecule has 0 spiro atoms. The Morgan fingerprint density at radius 1 is 1.33 bits per heavy atom. The Morgan fingerprint density at radius 3 is 2.44 bits per heavy atom. The predicted molar refractivity (Wildman–Crippen MR) is 67.2 cm³/mol. The molecule has 1 amide bonds. The van der Waals surface area contributed by atoms with Gasteiger partial charge in [-0.25, -0.2) is 4.79 Å². The Labute approximate surface area is 108 Å². The van der Waals surface area contributed by atoms with E-state index >= 15 is 0 Å². The molecule has 1 heterocycles. The van der Waals surface area contributed by atoms with E-state index in [4.69, 9.17) is 9.47 Å². The normalized spacial score (nSPS) is 23.9. The standard InChI is InChI=1S/C13H23NO4/c1-10(15)17-9-13(5)7-6-8-14(13)11(16)18-12(2,3)4/h6-9H2,1-5H3/t13-/m0/s1. The second-order valence-electron chi connectivity index (χ2n) is 6.01. The van der Waals surface area contributed by atoms with Crippen molar-refractivity contribution in [3.8, 4) is 0 Å². The van der Waals surface area contributed by atoms with E-state index in [-0.39, 0.29) is 18.7 Å². The molecule has 0 radical (unpaired) electrons. The summed E-state index contributed by atoms with van der Waals surface area (Å²) in [6, 6.07) is 0. The molecule has 1 fully saturated rings. The van der Waals surface area contributed by atoms with E-state index in [2.05, 4.69) is 0 Å². The molecule has 18 heavy (non-hydrogen) atoms. The lowest BCUT2D eigenvalue weighted by atomic mass is 10.0. The molecular formula is C13H23NO4. The predicted octanol–water partition coefficient (Wildman–Crippen LogP) is 2.34. The van der Waals surface area contributed by atoms with E-state index in [9.17, 15) is 9.59 Å². The minimum absolute atomic E-state index is 0.224. The highest BCUT2D eigenvalue weighted by Gasteiger charge is 2.42. The lowest BCUT2D eigenvalue weighted by Gasteiger charge is -2.35. The van der Waals surface area contributed by atoms with Crippen molar-refractivity contribution in [2.75, 3.05) is 13.2 Å². The first kappa shape index (κ1) is 14.8. The summed E-state index contributed by atoms with van der Waals surface area (Å²) in [6.07, 6.45) is 1.38. The molecule has 0 aliphatic carbocycles. The van der Waals surface area contributed by atoms with Crippen LogP contribution in [0.2, 0.25) is 0 Å². The average Bonchev–Trinajstić information content (AvgIpc) is 2.55. The van der Waals surface area contributed by atoms with Gasteiger partial charge in [-0.15, -0.1) is 0 Å². The Morgan fingerprint density at radius 2 is 1.94 bits per heavy atom. The Balaban J connectivity index is 2.68. The van der Waals surface area contributed by atoms with Crippen LogP contribution in [0.5, 0.6) is 0 Å². The van der Waals surface area contributed by atoms with Crippen LogP contribution in [0.3, 0.4) is 0 Å². The van der Waals surface area contributed by atoms with Crippen LogP contribution in [0.15, 0.2) is 0 Å². The number of esters is 1. The quantitative estimate of drug-likeness (QED) is 0.712. The zero-order valence-electron chi connectivity index (χ0n) is 11.9. The van der Waals surface area contributed by atoms with Crippen LogP contribution < -0.4 is 0 Å². The summed E-state index contributed by atoms with van der Waals surface area (Å²) in [7, 11) is 0. The molecule has 1 aliphatic heterocycles. The van der Waals surface area contributed by atoms with Gasteiger partial charge in [0.1, 0.15) is 12.2 Å². The summed E-state index contributed by atoms with van der Waals surface area (Å²) >= 11 is 0. The number of carbonyl (C=O) groups excluding carboxylic acids is 2. The number of rotatable bonds is 2. The Kier molecular flexibility index (Phi) is 4.24. The summed E-state index contributed by atoms with van der Waals surface area (Å²) in [5.74, 6) is -0.327. The zero-order valence-corrected chi connectivity index (χ0v) is 11.9. The first-order valence-electron chi connectivity index (χ1n) is 6.28. The van der Waals surface area contributed by atoms with Gasteiger partial charge in [0.25, 0.3) is 0 Å². The number of carbonyl (C=O) groups is 2. The molecule has 1 atom stereocenters. The third-order valence-corrected chi connectivity index (χ3v) is 2.95. The van der Waals surface area contributed by atoms with E-state index in [1.807, 2.05) is 27.7 Å². The van der Waals surface area contributed by atoms with Crippen molar-refractivity contribution in [2.45, 2.75) is 58.6 Å². The number of nitrogens with zero attached hydrogens (tertiary/aromatic N) is 1. The molecule has 0 aromatic rings. The number of ether oxygens (including phenoxy) is 2. The van der Waals surface area contributed by atoms with Crippen molar-refractivity contribution in [1.82, 2.24) is 4.90 Å². The van der Waals surface area contributed by atoms with Gasteiger partial charge in [0, 0.05) is 13.5 Å². The molecule has 0 aromatic carbocycles. The maximum atomic E-state index is 12.1. The minimum atomic E-state index is -0.512. The molecule has 1 rings (SSSR count). The highest BCUT2D eigenvalue weighted by atomic mass is 16.6. The maximum Gasteiger partial charge on any atom is 0.410 e. The molecule has 1 aliphatic rings. The lowest BCUT2D eigenvalue weighted by Crippen LogP contribution is -2.50. The highest BCUT2D eigenvalue weighted by Crippen LogP contribution is 2.30. The molecule has 5 nitrogen and oxygen atoms in total. The Hall–Kier alpha value is -1.26. The van der Waals surface area contributed by atoms with Crippen LogP contribution in [0, 0.1) is 0 Å². The topological polar surface area (TPSA) is 55.8 Å². The van der Waals surface area contributed by atoms with Crippen LogP contribution in [0.25, 0.3) is 0 Å². The average molecular weight is 257 g/mol. The summed E-state index contributed by atoms with van der Waals surface area (Å²) in [4.78, 5) is 24.6. The second-order valence-corrected chi connectivity index (χ2v) is 6.01. The first-order valence-corrected chi connectivity index (χ1v) is 6.28. The van der Waals surface area contributed by atoms with Gasteiger partial charge in [-0.1, -0.05) is 0 Å². The summed E-state index contributed by atoms with van der Waals surface area (Å²) in [5.41, 5.74) is -0.962. The van der Waals surface area contributed by atoms with Gasteiger partial charge in [-0.3, -0.25) is 9.69 Å². The van der Waals surface area contributed by atoms with Gasteiger partial charge < -0.3 is 9.47 Å². The molecule has 1 saturated heterocycles. The van der Waals surface area contributed by atoms with Gasteiger partial charge in [-0.05, 0) is 40.5 Å². The number of likely N-dealkylation sites (tertiary alicyclic amines) is 1. The van der Waals surface area contributed by atoms with Crippen LogP contribution >= 0.6 is 0 Å². The molecule has 0 saturated carbocycles. The van der Waals surface area contributed by atoms with Gasteiger partial charge in [-0.2, -0.15) is 0 Å². The van der Waals surface area contributed by atoms with Crippen LogP contribution in [-0.2, 0) is 14.3 Å². The molecule has 0 N–H and O–H groups in total. The monoisotopic (exact) mass is 257 g/mol. The van der Waals surface area contributed by atoms with E-state index in [0.29, 0.717) is 6.54 Å². The smallest absolute Gasteiger partial charge is 0.410 e. The largest absolute Gasteiger partial charge is 0.463 e. The van der Waals surface area contributed by atoms with Gasteiger partial charge >= 0.3 is 12.1 Å². The molecule has 0 unspecified atom stereocenters. The van der Waals surface area contributed by atoms with Gasteiger partial charge in [0.2, 0.25) is 0 Å². The highest BCUT2D eigenvalue weighted by molar-refractivity contribution is 5.70. The van der Waals surface area contributed by atoms with Crippen molar-refractivity contribution in [1.29, 1.82) is 0 Å². The fraction of sp³-hybridized carbons (Fsp3) is 0.846. The molecular weight excluding hydrogens is 234 g/mol. The fourth-order valence-corrected chi connectivity index (χ4v) is 2.06. The zero-order chi connectivity index (χ0) is 14.0. The third-order valence-electron chi connectivity index (χ3n) is 2.95. The van der Waals surface area contributed by atoms with E-state index in [0.717, 1.165) is 12.8 Å². The molecule has 0 aromatic heterocycles. The van der Waals surface area contributed by atoms with Crippen molar-refractivity contribution in [3.63, 3.8) is 0 Å². The lowest BCUT2D eigenvalue weighted by molar-refractivity contribution is -0.144. The SMILES string of the molecule is CC(=O)OC[C@]1(C)CCCN1C(=O)OC(C)(C)C. The maximum absolute atomic E-state index is 12.1. The van der Waals surface area contributed by atoms with Gasteiger partial charge in [0.05, 0.1) is 5.54 Å². The van der Waals surface area contributed by atoms with E-state index < -0.39 is 11.1 Å². The summed E-state index contributed by atoms with van der Waals surface area (Å²) in [5, 5.41) is 0. The van der Waals surface area contributed by atoms with Crippen LogP contribution in [0.1, 0.15) is 47.5 Å². The van der Waals surface area contributed by atoms with Crippen molar-refractivity contribution >= 4 is 12.1 Å². The minimum Gasteiger partial charge on any atom is -0.463 e. The first-order chi connectivity index (χ1) is 8.14. The third kappa shape index (κ3) is 3.89. The van der Waals surface area contributed by atoms with Crippen molar-refractivity contribution in [3.05, 3.63) is 0 Å². The van der Waals surface area contributed by atoms with E-state index in [1.54, 1.807) is 4.90 Å². The molecule has 5 heteroatoms. The van der Waals surface area contributed by atoms with Crippen LogP contribution in [-0.4, -0.2) is 41.3 Å². The summed E-state index contributed by atoms with van der Waals surface area (Å²) < 4.78 is 10.4.